The van der Waals surface area contributed by atoms with Gasteiger partial charge in [0.25, 0.3) is 5.56 Å². The topological polar surface area (TPSA) is 79.0 Å². The maximum Gasteiger partial charge on any atom is 0.264 e. The van der Waals surface area contributed by atoms with Crippen molar-refractivity contribution >= 4 is 49.8 Å². The van der Waals surface area contributed by atoms with Crippen LogP contribution in [0.5, 0.6) is 0 Å². The third kappa shape index (κ3) is 5.42. The molecule has 0 aliphatic carbocycles. The number of aryl methyl sites for hydroxylation is 2. The Kier molecular flexibility index (Phi) is 7.32. The van der Waals surface area contributed by atoms with Crippen LogP contribution < -0.4 is 5.56 Å². The molecular formula is C34H31ClN4O3S. The molecule has 3 aromatic heterocycles. The number of ether oxygens (including phenoxy) is 1. The molecule has 0 aliphatic rings. The normalized spacial score (nSPS) is 12.7. The van der Waals surface area contributed by atoms with Crippen LogP contribution in [0.4, 0.5) is 0 Å². The smallest absolute Gasteiger partial charge is 0.264 e. The maximum atomic E-state index is 13.9. The van der Waals surface area contributed by atoms with Gasteiger partial charge in [0.1, 0.15) is 6.10 Å². The summed E-state index contributed by atoms with van der Waals surface area (Å²) in [7, 11) is 1.89. The van der Waals surface area contributed by atoms with Crippen LogP contribution in [0.25, 0.3) is 48.5 Å². The first kappa shape index (κ1) is 29.0. The van der Waals surface area contributed by atoms with E-state index in [2.05, 4.69) is 5.10 Å². The second kappa shape index (κ2) is 10.9. The molecule has 0 spiro atoms. The third-order valence-corrected chi connectivity index (χ3v) is 8.70. The van der Waals surface area contributed by atoms with E-state index in [9.17, 15) is 9.59 Å². The Bertz CT molecular complexity index is 2080. The van der Waals surface area contributed by atoms with Crippen LogP contribution in [0.1, 0.15) is 44.9 Å². The molecule has 3 aromatic carbocycles. The van der Waals surface area contributed by atoms with E-state index in [0.717, 1.165) is 48.9 Å². The average molecular weight is 611 g/mol. The highest BCUT2D eigenvalue weighted by atomic mass is 35.5. The van der Waals surface area contributed by atoms with Crippen molar-refractivity contribution in [2.24, 2.45) is 7.05 Å². The number of carbonyl (C=O) groups excluding carboxylic acids is 1. The van der Waals surface area contributed by atoms with E-state index in [4.69, 9.17) is 21.3 Å². The number of pyridine rings is 1. The highest BCUT2D eigenvalue weighted by molar-refractivity contribution is 7.21. The van der Waals surface area contributed by atoms with Crippen molar-refractivity contribution in [1.29, 1.82) is 0 Å². The van der Waals surface area contributed by atoms with Gasteiger partial charge in [-0.3, -0.25) is 18.8 Å². The summed E-state index contributed by atoms with van der Waals surface area (Å²) >= 11 is 7.67. The lowest BCUT2D eigenvalue weighted by Crippen LogP contribution is -2.27. The van der Waals surface area contributed by atoms with Gasteiger partial charge in [-0.2, -0.15) is 5.10 Å². The van der Waals surface area contributed by atoms with E-state index in [1.54, 1.807) is 28.6 Å². The number of benzene rings is 3. The van der Waals surface area contributed by atoms with E-state index in [1.807, 2.05) is 95.4 Å². The van der Waals surface area contributed by atoms with Crippen molar-refractivity contribution in [3.8, 4) is 27.4 Å². The lowest BCUT2D eigenvalue weighted by molar-refractivity contribution is -0.138. The number of hydrogen-bond donors (Lipinski definition) is 0. The minimum absolute atomic E-state index is 0.0909. The fourth-order valence-corrected chi connectivity index (χ4v) is 6.67. The molecule has 1 atom stereocenters. The van der Waals surface area contributed by atoms with Gasteiger partial charge in [-0.25, -0.2) is 4.98 Å². The van der Waals surface area contributed by atoms with Crippen LogP contribution >= 0.6 is 22.9 Å². The molecule has 6 rings (SSSR count). The summed E-state index contributed by atoms with van der Waals surface area (Å²) < 4.78 is 10.6. The highest BCUT2D eigenvalue weighted by Crippen LogP contribution is 2.43. The Balaban J connectivity index is 1.57. The molecular weight excluding hydrogens is 580 g/mol. The number of thiazole rings is 1. The standard InChI is InChI=1S/C34H31ClN4O3S/c1-19-16-26-31(29(21-9-12-24(35)13-10-21)28(19)30(20(2)40)42-34(3,4)5)43-33(37-26)39-15-7-8-25(32(39)41)22-11-14-27-23(17-22)18-36-38(27)6/h7-18,30H,1-6H3/t30-/m1/s1. The molecule has 9 heteroatoms. The lowest BCUT2D eigenvalue weighted by Gasteiger charge is -2.29. The number of halogens is 1. The zero-order chi connectivity index (χ0) is 30.6. The van der Waals surface area contributed by atoms with Gasteiger partial charge < -0.3 is 4.74 Å². The van der Waals surface area contributed by atoms with Crippen molar-refractivity contribution in [2.75, 3.05) is 0 Å². The number of hydrogen-bond acceptors (Lipinski definition) is 6. The predicted octanol–water partition coefficient (Wildman–Crippen LogP) is 8.07. The SMILES string of the molecule is CC(=O)[C@@H](OC(C)(C)C)c1c(C)cc2nc(-n3cccc(-c4ccc5c(cnn5C)c4)c3=O)sc2c1-c1ccc(Cl)cc1. The first-order valence-electron chi connectivity index (χ1n) is 13.9. The molecule has 218 valence electrons. The van der Waals surface area contributed by atoms with E-state index in [-0.39, 0.29) is 11.3 Å². The monoisotopic (exact) mass is 610 g/mol. The molecule has 43 heavy (non-hydrogen) atoms. The van der Waals surface area contributed by atoms with Gasteiger partial charge in [-0.1, -0.05) is 41.1 Å². The first-order valence-corrected chi connectivity index (χ1v) is 15.1. The highest BCUT2D eigenvalue weighted by Gasteiger charge is 2.30. The zero-order valence-electron chi connectivity index (χ0n) is 24.8. The summed E-state index contributed by atoms with van der Waals surface area (Å²) in [6.45, 7) is 9.34. The molecule has 0 unspecified atom stereocenters. The number of rotatable bonds is 6. The van der Waals surface area contributed by atoms with E-state index >= 15 is 0 Å². The quantitative estimate of drug-likeness (QED) is 0.190. The molecule has 0 saturated heterocycles. The Hall–Kier alpha value is -4.11. The largest absolute Gasteiger partial charge is 0.360 e. The fourth-order valence-electron chi connectivity index (χ4n) is 5.44. The van der Waals surface area contributed by atoms with Gasteiger partial charge in [0.2, 0.25) is 0 Å². The van der Waals surface area contributed by atoms with Crippen LogP contribution in [0.2, 0.25) is 5.02 Å². The summed E-state index contributed by atoms with van der Waals surface area (Å²) in [6, 6.07) is 19.1. The van der Waals surface area contributed by atoms with Crippen LogP contribution in [0.15, 0.2) is 77.9 Å². The molecule has 0 radical (unpaired) electrons. The molecule has 6 aromatic rings. The number of ketones is 1. The minimum Gasteiger partial charge on any atom is -0.360 e. The van der Waals surface area contributed by atoms with Gasteiger partial charge in [0, 0.05) is 40.3 Å². The second-order valence-corrected chi connectivity index (χ2v) is 13.1. The third-order valence-electron chi connectivity index (χ3n) is 7.36. The van der Waals surface area contributed by atoms with Crippen LogP contribution in [-0.4, -0.2) is 30.7 Å². The van der Waals surface area contributed by atoms with Gasteiger partial charge in [0.05, 0.1) is 27.5 Å². The van der Waals surface area contributed by atoms with Crippen molar-refractivity contribution < 1.29 is 9.53 Å². The van der Waals surface area contributed by atoms with Crippen molar-refractivity contribution in [2.45, 2.75) is 46.3 Å². The average Bonchev–Trinajstić information content (AvgIpc) is 3.54. The Labute approximate surface area is 258 Å². The molecule has 0 aliphatic heterocycles. The molecule has 0 fully saturated rings. The predicted molar refractivity (Wildman–Crippen MR) is 174 cm³/mol. The number of carbonyl (C=O) groups is 1. The van der Waals surface area contributed by atoms with Crippen LogP contribution in [0, 0.1) is 6.92 Å². The molecule has 7 nitrogen and oxygen atoms in total. The summed E-state index contributed by atoms with van der Waals surface area (Å²) in [4.78, 5) is 31.9. The Morgan fingerprint density at radius 2 is 1.77 bits per heavy atom. The lowest BCUT2D eigenvalue weighted by atomic mass is 9.90. The summed E-state index contributed by atoms with van der Waals surface area (Å²) in [5, 5.41) is 6.43. The molecule has 3 heterocycles. The van der Waals surface area contributed by atoms with Crippen LogP contribution in [-0.2, 0) is 16.6 Å². The summed E-state index contributed by atoms with van der Waals surface area (Å²) in [6.07, 6.45) is 2.75. The van der Waals surface area contributed by atoms with Crippen molar-refractivity contribution in [1.82, 2.24) is 19.3 Å². The zero-order valence-corrected chi connectivity index (χ0v) is 26.4. The van der Waals surface area contributed by atoms with E-state index in [0.29, 0.717) is 15.7 Å². The molecule has 0 bridgehead atoms. The number of aromatic nitrogens is 4. The van der Waals surface area contributed by atoms with E-state index < -0.39 is 11.7 Å². The van der Waals surface area contributed by atoms with Crippen molar-refractivity contribution in [3.63, 3.8) is 0 Å². The molecule has 0 amide bonds. The van der Waals surface area contributed by atoms with Gasteiger partial charge >= 0.3 is 0 Å². The Morgan fingerprint density at radius 1 is 1.05 bits per heavy atom. The maximum absolute atomic E-state index is 13.9. The molecule has 0 saturated carbocycles. The van der Waals surface area contributed by atoms with Gasteiger partial charge in [-0.15, -0.1) is 0 Å². The van der Waals surface area contributed by atoms with Gasteiger partial charge in [-0.05, 0) is 93.8 Å². The number of fused-ring (bicyclic) bond motifs is 2. The van der Waals surface area contributed by atoms with E-state index in [1.165, 1.54) is 11.3 Å². The Morgan fingerprint density at radius 3 is 2.47 bits per heavy atom. The fraction of sp³-hybridized carbons (Fsp3) is 0.235. The number of nitrogens with zero attached hydrogens (tertiary/aromatic N) is 4. The first-order chi connectivity index (χ1) is 20.4. The second-order valence-electron chi connectivity index (χ2n) is 11.7. The van der Waals surface area contributed by atoms with Gasteiger partial charge in [0.15, 0.2) is 10.9 Å². The minimum atomic E-state index is -0.783. The number of Topliss-reactive ketones (excluding diaryl/α,β-unsaturated/α-hetero) is 1. The summed E-state index contributed by atoms with van der Waals surface area (Å²) in [5.41, 5.74) is 5.78. The molecule has 0 N–H and O–H groups in total. The summed E-state index contributed by atoms with van der Waals surface area (Å²) in [5.74, 6) is -0.0909. The van der Waals surface area contributed by atoms with Crippen LogP contribution in [0.3, 0.4) is 0 Å². The van der Waals surface area contributed by atoms with Crippen molar-refractivity contribution in [3.05, 3.63) is 99.6 Å².